The third-order valence-corrected chi connectivity index (χ3v) is 4.36. The maximum Gasteiger partial charge on any atom is 0.175 e. The molecule has 0 aliphatic heterocycles. The Bertz CT molecular complexity index is 775. The Labute approximate surface area is 125 Å². The predicted octanol–water partition coefficient (Wildman–Crippen LogP) is 3.13. The van der Waals surface area contributed by atoms with E-state index >= 15 is 0 Å². The molecule has 1 unspecified atom stereocenters. The molecule has 0 amide bonds. The molecule has 1 atom stereocenters. The first-order chi connectivity index (χ1) is 9.91. The van der Waals surface area contributed by atoms with Gasteiger partial charge < -0.3 is 5.32 Å². The van der Waals surface area contributed by atoms with Crippen LogP contribution in [0.4, 0.5) is 5.69 Å². The van der Waals surface area contributed by atoms with E-state index in [1.807, 2.05) is 25.1 Å². The minimum Gasteiger partial charge on any atom is -0.377 e. The molecule has 2 aromatic rings. The van der Waals surface area contributed by atoms with Crippen LogP contribution in [0.2, 0.25) is 0 Å². The van der Waals surface area contributed by atoms with Gasteiger partial charge in [0.15, 0.2) is 9.84 Å². The summed E-state index contributed by atoms with van der Waals surface area (Å²) in [6.07, 6.45) is 1.19. The molecule has 0 heterocycles. The largest absolute Gasteiger partial charge is 0.377 e. The summed E-state index contributed by atoms with van der Waals surface area (Å²) in [5, 5.41) is 12.3. The molecule has 0 saturated heterocycles. The van der Waals surface area contributed by atoms with E-state index in [0.717, 1.165) is 11.3 Å². The smallest absolute Gasteiger partial charge is 0.175 e. The van der Waals surface area contributed by atoms with Gasteiger partial charge in [-0.15, -0.1) is 0 Å². The van der Waals surface area contributed by atoms with E-state index in [-0.39, 0.29) is 6.04 Å². The number of hydrogen-bond acceptors (Lipinski definition) is 4. The average Bonchev–Trinajstić information content (AvgIpc) is 2.47. The maximum atomic E-state index is 11.4. The molecule has 4 nitrogen and oxygen atoms in total. The van der Waals surface area contributed by atoms with Gasteiger partial charge in [-0.1, -0.05) is 24.3 Å². The van der Waals surface area contributed by atoms with Crippen LogP contribution in [0.1, 0.15) is 24.1 Å². The summed E-state index contributed by atoms with van der Waals surface area (Å²) in [7, 11) is -3.18. The highest BCUT2D eigenvalue weighted by Crippen LogP contribution is 2.23. The molecule has 0 fully saturated rings. The van der Waals surface area contributed by atoms with E-state index in [2.05, 4.69) is 11.4 Å². The monoisotopic (exact) mass is 300 g/mol. The number of rotatable bonds is 4. The number of anilines is 1. The van der Waals surface area contributed by atoms with Crippen molar-refractivity contribution in [3.8, 4) is 6.07 Å². The summed E-state index contributed by atoms with van der Waals surface area (Å²) in [6.45, 7) is 1.96. The zero-order valence-electron chi connectivity index (χ0n) is 11.9. The van der Waals surface area contributed by atoms with Crippen LogP contribution in [0.15, 0.2) is 53.4 Å². The standard InChI is InChI=1S/C16H16N2O2S/c1-12(18-16-6-4-3-5-14(16)11-17)13-7-9-15(10-8-13)21(2,19)20/h3-10,12,18H,1-2H3. The zero-order valence-corrected chi connectivity index (χ0v) is 12.7. The number of para-hydroxylation sites is 1. The third-order valence-electron chi connectivity index (χ3n) is 3.23. The molecule has 0 radical (unpaired) electrons. The second-order valence-electron chi connectivity index (χ2n) is 4.86. The SMILES string of the molecule is CC(Nc1ccccc1C#N)c1ccc(S(C)(=O)=O)cc1. The Kier molecular flexibility index (Phi) is 4.29. The lowest BCUT2D eigenvalue weighted by molar-refractivity contribution is 0.602. The summed E-state index contributed by atoms with van der Waals surface area (Å²) in [5.41, 5.74) is 2.30. The van der Waals surface area contributed by atoms with Crippen molar-refractivity contribution in [2.45, 2.75) is 17.9 Å². The highest BCUT2D eigenvalue weighted by Gasteiger charge is 2.10. The van der Waals surface area contributed by atoms with Gasteiger partial charge in [0.1, 0.15) is 6.07 Å². The highest BCUT2D eigenvalue weighted by molar-refractivity contribution is 7.90. The topological polar surface area (TPSA) is 70.0 Å². The Hall–Kier alpha value is -2.32. The van der Waals surface area contributed by atoms with Crippen LogP contribution in [0.5, 0.6) is 0 Å². The van der Waals surface area contributed by atoms with Crippen molar-refractivity contribution >= 4 is 15.5 Å². The van der Waals surface area contributed by atoms with Crippen LogP contribution >= 0.6 is 0 Å². The molecule has 2 rings (SSSR count). The van der Waals surface area contributed by atoms with Crippen molar-refractivity contribution in [3.05, 3.63) is 59.7 Å². The fourth-order valence-electron chi connectivity index (χ4n) is 2.03. The molecule has 0 spiro atoms. The number of hydrogen-bond donors (Lipinski definition) is 1. The molecule has 21 heavy (non-hydrogen) atoms. The van der Waals surface area contributed by atoms with Crippen LogP contribution < -0.4 is 5.32 Å². The van der Waals surface area contributed by atoms with Crippen molar-refractivity contribution in [1.82, 2.24) is 0 Å². The first-order valence-corrected chi connectivity index (χ1v) is 8.36. The number of nitrogens with zero attached hydrogens (tertiary/aromatic N) is 1. The van der Waals surface area contributed by atoms with Crippen molar-refractivity contribution in [1.29, 1.82) is 5.26 Å². The molecule has 0 aromatic heterocycles. The highest BCUT2D eigenvalue weighted by atomic mass is 32.2. The summed E-state index contributed by atoms with van der Waals surface area (Å²) in [6, 6.07) is 16.1. The Morgan fingerprint density at radius 2 is 1.71 bits per heavy atom. The van der Waals surface area contributed by atoms with Crippen molar-refractivity contribution < 1.29 is 8.42 Å². The van der Waals surface area contributed by atoms with E-state index < -0.39 is 9.84 Å². The van der Waals surface area contributed by atoms with Gasteiger partial charge in [-0.2, -0.15) is 5.26 Å². The minimum absolute atomic E-state index is 0.0342. The predicted molar refractivity (Wildman–Crippen MR) is 82.7 cm³/mol. The van der Waals surface area contributed by atoms with Gasteiger partial charge in [-0.25, -0.2) is 8.42 Å². The number of nitrogens with one attached hydrogen (secondary N) is 1. The van der Waals surface area contributed by atoms with Gasteiger partial charge in [-0.05, 0) is 36.8 Å². The average molecular weight is 300 g/mol. The summed E-state index contributed by atoms with van der Waals surface area (Å²) in [5.74, 6) is 0. The van der Waals surface area contributed by atoms with Gasteiger partial charge in [-0.3, -0.25) is 0 Å². The second-order valence-corrected chi connectivity index (χ2v) is 6.88. The lowest BCUT2D eigenvalue weighted by Crippen LogP contribution is -2.08. The zero-order chi connectivity index (χ0) is 15.5. The molecular formula is C16H16N2O2S. The van der Waals surface area contributed by atoms with E-state index in [0.29, 0.717) is 10.5 Å². The quantitative estimate of drug-likeness (QED) is 0.941. The summed E-state index contributed by atoms with van der Waals surface area (Å²) in [4.78, 5) is 0.302. The lowest BCUT2D eigenvalue weighted by Gasteiger charge is -2.17. The van der Waals surface area contributed by atoms with E-state index in [1.165, 1.54) is 6.26 Å². The Morgan fingerprint density at radius 1 is 1.10 bits per heavy atom. The molecule has 0 aliphatic rings. The van der Waals surface area contributed by atoms with Crippen LogP contribution in [0.3, 0.4) is 0 Å². The molecule has 0 saturated carbocycles. The third kappa shape index (κ3) is 3.61. The van der Waals surface area contributed by atoms with Gasteiger partial charge in [0.05, 0.1) is 16.1 Å². The number of sulfone groups is 1. The fraction of sp³-hybridized carbons (Fsp3) is 0.188. The number of nitriles is 1. The number of benzene rings is 2. The lowest BCUT2D eigenvalue weighted by atomic mass is 10.1. The maximum absolute atomic E-state index is 11.4. The molecule has 2 aromatic carbocycles. The molecule has 0 aliphatic carbocycles. The molecular weight excluding hydrogens is 284 g/mol. The first kappa shape index (κ1) is 15.1. The van der Waals surface area contributed by atoms with Crippen molar-refractivity contribution in [2.75, 3.05) is 11.6 Å². The summed E-state index contributed by atoms with van der Waals surface area (Å²) < 4.78 is 22.9. The van der Waals surface area contributed by atoms with Gasteiger partial charge in [0, 0.05) is 12.3 Å². The van der Waals surface area contributed by atoms with Crippen molar-refractivity contribution in [2.24, 2.45) is 0 Å². The van der Waals surface area contributed by atoms with Crippen LogP contribution in [0, 0.1) is 11.3 Å². The van der Waals surface area contributed by atoms with Crippen LogP contribution in [0.25, 0.3) is 0 Å². The van der Waals surface area contributed by atoms with Gasteiger partial charge >= 0.3 is 0 Å². The molecule has 5 heteroatoms. The van der Waals surface area contributed by atoms with Gasteiger partial charge in [0.25, 0.3) is 0 Å². The minimum atomic E-state index is -3.18. The van der Waals surface area contributed by atoms with Crippen LogP contribution in [-0.4, -0.2) is 14.7 Å². The van der Waals surface area contributed by atoms with E-state index in [4.69, 9.17) is 5.26 Å². The second kappa shape index (κ2) is 5.98. The van der Waals surface area contributed by atoms with E-state index in [1.54, 1.807) is 30.3 Å². The fourth-order valence-corrected chi connectivity index (χ4v) is 2.66. The first-order valence-electron chi connectivity index (χ1n) is 6.47. The van der Waals surface area contributed by atoms with Crippen LogP contribution in [-0.2, 0) is 9.84 Å². The van der Waals surface area contributed by atoms with E-state index in [9.17, 15) is 8.42 Å². The van der Waals surface area contributed by atoms with Crippen molar-refractivity contribution in [3.63, 3.8) is 0 Å². The molecule has 0 bridgehead atoms. The molecule has 1 N–H and O–H groups in total. The summed E-state index contributed by atoms with van der Waals surface area (Å²) >= 11 is 0. The normalized spacial score (nSPS) is 12.4. The molecule has 108 valence electrons. The Morgan fingerprint density at radius 3 is 2.29 bits per heavy atom. The Balaban J connectivity index is 2.21. The van der Waals surface area contributed by atoms with Gasteiger partial charge in [0.2, 0.25) is 0 Å².